The van der Waals surface area contributed by atoms with Crippen LogP contribution < -0.4 is 4.72 Å². The summed E-state index contributed by atoms with van der Waals surface area (Å²) in [6, 6.07) is 11.9. The van der Waals surface area contributed by atoms with Gasteiger partial charge in [0.1, 0.15) is 16.8 Å². The number of hydrogen-bond acceptors (Lipinski definition) is 3. The maximum Gasteiger partial charge on any atom is 0.244 e. The standard InChI is InChI=1S/C20H25FN2O3S/c1-14(2)19(22-27(25,26)18-8-6-5-7-17(18)21)20(24)23(4)13-16-11-9-15(3)10-12-16/h5-12,14,19,22H,13H2,1-4H3/t19-/m0/s1. The monoisotopic (exact) mass is 392 g/mol. The molecule has 27 heavy (non-hydrogen) atoms. The fraction of sp³-hybridized carbons (Fsp3) is 0.350. The fourth-order valence-corrected chi connectivity index (χ4v) is 4.06. The third-order valence-electron chi connectivity index (χ3n) is 4.26. The molecule has 1 amide bonds. The molecule has 1 N–H and O–H groups in total. The SMILES string of the molecule is Cc1ccc(CN(C)C(=O)[C@@H](NS(=O)(=O)c2ccccc2F)C(C)C)cc1. The van der Waals surface area contributed by atoms with E-state index in [9.17, 15) is 17.6 Å². The Morgan fingerprint density at radius 2 is 1.70 bits per heavy atom. The van der Waals surface area contributed by atoms with Gasteiger partial charge in [-0.15, -0.1) is 0 Å². The molecule has 2 aromatic carbocycles. The summed E-state index contributed by atoms with van der Waals surface area (Å²) in [5.74, 6) is -1.53. The molecule has 0 fully saturated rings. The van der Waals surface area contributed by atoms with Crippen molar-refractivity contribution in [2.45, 2.75) is 38.3 Å². The van der Waals surface area contributed by atoms with Crippen LogP contribution in [0.15, 0.2) is 53.4 Å². The highest BCUT2D eigenvalue weighted by atomic mass is 32.2. The quantitative estimate of drug-likeness (QED) is 0.787. The maximum atomic E-state index is 13.9. The molecule has 0 aliphatic rings. The molecule has 5 nitrogen and oxygen atoms in total. The van der Waals surface area contributed by atoms with Crippen LogP contribution in [0.2, 0.25) is 0 Å². The zero-order chi connectivity index (χ0) is 20.2. The van der Waals surface area contributed by atoms with Crippen molar-refractivity contribution in [2.75, 3.05) is 7.05 Å². The first-order chi connectivity index (χ1) is 12.6. The van der Waals surface area contributed by atoms with E-state index in [2.05, 4.69) is 4.72 Å². The van der Waals surface area contributed by atoms with Crippen LogP contribution in [0.3, 0.4) is 0 Å². The van der Waals surface area contributed by atoms with Crippen LogP contribution in [0, 0.1) is 18.7 Å². The van der Waals surface area contributed by atoms with Crippen LogP contribution in [0.4, 0.5) is 4.39 Å². The van der Waals surface area contributed by atoms with E-state index in [1.165, 1.54) is 23.1 Å². The number of nitrogens with one attached hydrogen (secondary N) is 1. The van der Waals surface area contributed by atoms with Gasteiger partial charge in [0.25, 0.3) is 0 Å². The summed E-state index contributed by atoms with van der Waals surface area (Å²) >= 11 is 0. The van der Waals surface area contributed by atoms with Gasteiger partial charge in [0.05, 0.1) is 0 Å². The Morgan fingerprint density at radius 3 is 2.26 bits per heavy atom. The first kappa shape index (κ1) is 21.1. The lowest BCUT2D eigenvalue weighted by Gasteiger charge is -2.27. The highest BCUT2D eigenvalue weighted by molar-refractivity contribution is 7.89. The summed E-state index contributed by atoms with van der Waals surface area (Å²) in [7, 11) is -2.54. The minimum atomic E-state index is -4.16. The van der Waals surface area contributed by atoms with Crippen molar-refractivity contribution in [2.24, 2.45) is 5.92 Å². The summed E-state index contributed by atoms with van der Waals surface area (Å²) in [6.07, 6.45) is 0. The summed E-state index contributed by atoms with van der Waals surface area (Å²) in [4.78, 5) is 13.9. The molecule has 0 aliphatic heterocycles. The maximum absolute atomic E-state index is 13.9. The molecule has 0 aromatic heterocycles. The van der Waals surface area contributed by atoms with E-state index < -0.39 is 26.8 Å². The van der Waals surface area contributed by atoms with E-state index in [1.807, 2.05) is 31.2 Å². The summed E-state index contributed by atoms with van der Waals surface area (Å²) in [5.41, 5.74) is 2.06. The second-order valence-electron chi connectivity index (χ2n) is 6.95. The summed E-state index contributed by atoms with van der Waals surface area (Å²) in [6.45, 7) is 5.81. The van der Waals surface area contributed by atoms with Crippen LogP contribution in [0.25, 0.3) is 0 Å². The van der Waals surface area contributed by atoms with Gasteiger partial charge >= 0.3 is 0 Å². The van der Waals surface area contributed by atoms with Crippen molar-refractivity contribution in [3.63, 3.8) is 0 Å². The number of amides is 1. The van der Waals surface area contributed by atoms with Crippen molar-refractivity contribution in [1.29, 1.82) is 0 Å². The van der Waals surface area contributed by atoms with Crippen molar-refractivity contribution >= 4 is 15.9 Å². The lowest BCUT2D eigenvalue weighted by molar-refractivity contribution is -0.133. The number of likely N-dealkylation sites (N-methyl/N-ethyl adjacent to an activating group) is 1. The minimum absolute atomic E-state index is 0.306. The van der Waals surface area contributed by atoms with E-state index in [0.717, 1.165) is 17.2 Å². The van der Waals surface area contributed by atoms with Crippen molar-refractivity contribution < 1.29 is 17.6 Å². The number of aryl methyl sites for hydroxylation is 1. The molecule has 2 aromatic rings. The van der Waals surface area contributed by atoms with Gasteiger partial charge in [0.2, 0.25) is 15.9 Å². The third kappa shape index (κ3) is 5.37. The molecule has 1 atom stereocenters. The smallest absolute Gasteiger partial charge is 0.244 e. The highest BCUT2D eigenvalue weighted by Crippen LogP contribution is 2.17. The Morgan fingerprint density at radius 1 is 1.11 bits per heavy atom. The number of halogens is 1. The van der Waals surface area contributed by atoms with Crippen LogP contribution in [-0.2, 0) is 21.4 Å². The Kier molecular flexibility index (Phi) is 6.73. The Labute approximate surface area is 160 Å². The Bertz CT molecular complexity index is 896. The first-order valence-electron chi connectivity index (χ1n) is 8.69. The molecule has 146 valence electrons. The molecule has 0 heterocycles. The average Bonchev–Trinajstić information content (AvgIpc) is 2.61. The number of carbonyl (C=O) groups is 1. The average molecular weight is 392 g/mol. The molecule has 7 heteroatoms. The molecule has 0 spiro atoms. The zero-order valence-corrected chi connectivity index (χ0v) is 16.8. The van der Waals surface area contributed by atoms with Crippen molar-refractivity contribution in [1.82, 2.24) is 9.62 Å². The lowest BCUT2D eigenvalue weighted by Crippen LogP contribution is -2.50. The number of sulfonamides is 1. The van der Waals surface area contributed by atoms with Gasteiger partial charge in [0.15, 0.2) is 0 Å². The minimum Gasteiger partial charge on any atom is -0.340 e. The molecular weight excluding hydrogens is 367 g/mol. The van der Waals surface area contributed by atoms with E-state index in [1.54, 1.807) is 20.9 Å². The van der Waals surface area contributed by atoms with E-state index in [-0.39, 0.29) is 11.8 Å². The molecule has 2 rings (SSSR count). The molecule has 0 aliphatic carbocycles. The van der Waals surface area contributed by atoms with Crippen LogP contribution >= 0.6 is 0 Å². The number of benzene rings is 2. The molecule has 0 saturated heterocycles. The molecule has 0 saturated carbocycles. The number of nitrogens with zero attached hydrogens (tertiary/aromatic N) is 1. The molecular formula is C20H25FN2O3S. The van der Waals surface area contributed by atoms with Crippen LogP contribution in [0.1, 0.15) is 25.0 Å². The van der Waals surface area contributed by atoms with E-state index in [0.29, 0.717) is 6.54 Å². The predicted molar refractivity (Wildman–Crippen MR) is 103 cm³/mol. The van der Waals surface area contributed by atoms with Gasteiger partial charge in [0, 0.05) is 13.6 Å². The normalized spacial score (nSPS) is 12.8. The number of hydrogen-bond donors (Lipinski definition) is 1. The number of carbonyl (C=O) groups excluding carboxylic acids is 1. The second kappa shape index (κ2) is 8.63. The van der Waals surface area contributed by atoms with Crippen molar-refractivity contribution in [3.05, 3.63) is 65.5 Å². The Hall–Kier alpha value is -2.25. The topological polar surface area (TPSA) is 66.5 Å². The zero-order valence-electron chi connectivity index (χ0n) is 15.9. The van der Waals surface area contributed by atoms with Crippen LogP contribution in [-0.4, -0.2) is 32.3 Å². The van der Waals surface area contributed by atoms with Crippen molar-refractivity contribution in [3.8, 4) is 0 Å². The highest BCUT2D eigenvalue weighted by Gasteiger charge is 2.31. The van der Waals surface area contributed by atoms with Gasteiger partial charge in [-0.05, 0) is 30.5 Å². The van der Waals surface area contributed by atoms with Gasteiger partial charge in [-0.1, -0.05) is 55.8 Å². The van der Waals surface area contributed by atoms with Gasteiger partial charge < -0.3 is 4.90 Å². The molecule has 0 bridgehead atoms. The summed E-state index contributed by atoms with van der Waals surface area (Å²) in [5, 5.41) is 0. The lowest BCUT2D eigenvalue weighted by atomic mass is 10.0. The number of rotatable bonds is 7. The molecule has 0 unspecified atom stereocenters. The summed E-state index contributed by atoms with van der Waals surface area (Å²) < 4.78 is 41.4. The molecule has 0 radical (unpaired) electrons. The third-order valence-corrected chi connectivity index (χ3v) is 5.73. The van der Waals surface area contributed by atoms with Gasteiger partial charge in [-0.2, -0.15) is 4.72 Å². The first-order valence-corrected chi connectivity index (χ1v) is 10.2. The fourth-order valence-electron chi connectivity index (χ4n) is 2.65. The second-order valence-corrected chi connectivity index (χ2v) is 8.64. The van der Waals surface area contributed by atoms with Crippen LogP contribution in [0.5, 0.6) is 0 Å². The Balaban J connectivity index is 2.19. The van der Waals surface area contributed by atoms with E-state index in [4.69, 9.17) is 0 Å². The largest absolute Gasteiger partial charge is 0.340 e. The van der Waals surface area contributed by atoms with E-state index >= 15 is 0 Å². The van der Waals surface area contributed by atoms with Gasteiger partial charge in [-0.3, -0.25) is 4.79 Å². The predicted octanol–water partition coefficient (Wildman–Crippen LogP) is 3.10. The van der Waals surface area contributed by atoms with Gasteiger partial charge in [-0.25, -0.2) is 12.8 Å².